The van der Waals surface area contributed by atoms with Crippen LogP contribution in [0.2, 0.25) is 0 Å². The lowest BCUT2D eigenvalue weighted by Gasteiger charge is -2.09. The third-order valence-corrected chi connectivity index (χ3v) is 4.06. The Morgan fingerprint density at radius 1 is 1.06 bits per heavy atom. The summed E-state index contributed by atoms with van der Waals surface area (Å²) in [6.45, 7) is -0.0826. The van der Waals surface area contributed by atoms with Crippen molar-refractivity contribution in [3.05, 3.63) is 89.9 Å². The van der Waals surface area contributed by atoms with Crippen molar-refractivity contribution >= 4 is 5.84 Å². The summed E-state index contributed by atoms with van der Waals surface area (Å²) in [7, 11) is 0. The van der Waals surface area contributed by atoms with Gasteiger partial charge in [0.2, 0.25) is 11.8 Å². The first-order valence-corrected chi connectivity index (χ1v) is 9.19. The van der Waals surface area contributed by atoms with Crippen molar-refractivity contribution in [3.63, 3.8) is 0 Å². The molecule has 0 unspecified atom stereocenters. The number of nitriles is 1. The zero-order chi connectivity index (χ0) is 21.5. The van der Waals surface area contributed by atoms with Gasteiger partial charge in [0.1, 0.15) is 5.75 Å². The summed E-state index contributed by atoms with van der Waals surface area (Å²) in [5.74, 6) is 1.49. The fourth-order valence-corrected chi connectivity index (χ4v) is 2.62. The topological polar surface area (TPSA) is 132 Å². The Labute approximate surface area is 177 Å². The highest BCUT2D eigenvalue weighted by Crippen LogP contribution is 2.23. The van der Waals surface area contributed by atoms with Crippen molar-refractivity contribution in [1.29, 1.82) is 5.26 Å². The SMILES string of the molecule is N#Cc1cccc(-c2nnc(CO/N=C(/N)c3cccnc3Oc3ccccc3)o2)c1. The van der Waals surface area contributed by atoms with Crippen LogP contribution in [0, 0.1) is 11.3 Å². The van der Waals surface area contributed by atoms with Crippen LogP contribution in [0.5, 0.6) is 11.6 Å². The molecule has 0 aliphatic heterocycles. The molecule has 152 valence electrons. The molecule has 2 aromatic heterocycles. The molecule has 0 radical (unpaired) electrons. The Bertz CT molecular complexity index is 1250. The van der Waals surface area contributed by atoms with E-state index in [0.29, 0.717) is 28.3 Å². The summed E-state index contributed by atoms with van der Waals surface area (Å²) in [4.78, 5) is 9.48. The first-order chi connectivity index (χ1) is 15.2. The first kappa shape index (κ1) is 19.6. The largest absolute Gasteiger partial charge is 0.438 e. The number of para-hydroxylation sites is 1. The summed E-state index contributed by atoms with van der Waals surface area (Å²) < 4.78 is 11.3. The molecule has 0 saturated heterocycles. The maximum absolute atomic E-state index is 9.00. The number of aromatic nitrogens is 3. The number of pyridine rings is 1. The molecule has 31 heavy (non-hydrogen) atoms. The lowest BCUT2D eigenvalue weighted by molar-refractivity contribution is 0.111. The Morgan fingerprint density at radius 3 is 2.77 bits per heavy atom. The lowest BCUT2D eigenvalue weighted by Crippen LogP contribution is -2.15. The van der Waals surface area contributed by atoms with E-state index in [0.717, 1.165) is 0 Å². The normalized spacial score (nSPS) is 11.0. The third kappa shape index (κ3) is 4.83. The molecule has 0 saturated carbocycles. The van der Waals surface area contributed by atoms with E-state index in [1.54, 1.807) is 42.6 Å². The fourth-order valence-electron chi connectivity index (χ4n) is 2.62. The van der Waals surface area contributed by atoms with E-state index in [9.17, 15) is 0 Å². The molecular formula is C22H16N6O3. The van der Waals surface area contributed by atoms with Gasteiger partial charge in [-0.15, -0.1) is 10.2 Å². The van der Waals surface area contributed by atoms with Gasteiger partial charge in [0, 0.05) is 11.8 Å². The molecule has 0 amide bonds. The molecule has 2 heterocycles. The van der Waals surface area contributed by atoms with Crippen molar-refractivity contribution in [2.24, 2.45) is 10.9 Å². The monoisotopic (exact) mass is 412 g/mol. The minimum atomic E-state index is -0.0826. The predicted octanol–water partition coefficient (Wildman–Crippen LogP) is 3.63. The van der Waals surface area contributed by atoms with E-state index in [1.807, 2.05) is 30.3 Å². The lowest BCUT2D eigenvalue weighted by atomic mass is 10.1. The minimum Gasteiger partial charge on any atom is -0.438 e. The van der Waals surface area contributed by atoms with Crippen molar-refractivity contribution in [3.8, 4) is 29.2 Å². The molecule has 2 aromatic carbocycles. The summed E-state index contributed by atoms with van der Waals surface area (Å²) in [5.41, 5.74) is 7.66. The van der Waals surface area contributed by atoms with Crippen molar-refractivity contribution in [2.75, 3.05) is 0 Å². The molecule has 4 aromatic rings. The number of ether oxygens (including phenoxy) is 1. The van der Waals surface area contributed by atoms with Crippen molar-refractivity contribution in [1.82, 2.24) is 15.2 Å². The van der Waals surface area contributed by atoms with Gasteiger partial charge in [0.15, 0.2) is 12.4 Å². The van der Waals surface area contributed by atoms with Crippen LogP contribution < -0.4 is 10.5 Å². The quantitative estimate of drug-likeness (QED) is 0.276. The van der Waals surface area contributed by atoms with Gasteiger partial charge in [-0.3, -0.25) is 0 Å². The van der Waals surface area contributed by atoms with Crippen LogP contribution in [0.1, 0.15) is 17.0 Å². The number of oxime groups is 1. The van der Waals surface area contributed by atoms with E-state index < -0.39 is 0 Å². The average Bonchev–Trinajstić information content (AvgIpc) is 3.29. The number of rotatable bonds is 7. The van der Waals surface area contributed by atoms with E-state index in [1.165, 1.54) is 0 Å². The number of nitrogens with zero attached hydrogens (tertiary/aromatic N) is 5. The molecule has 9 nitrogen and oxygen atoms in total. The van der Waals surface area contributed by atoms with Crippen molar-refractivity contribution in [2.45, 2.75) is 6.61 Å². The number of benzene rings is 2. The molecule has 9 heteroatoms. The maximum atomic E-state index is 9.00. The second kappa shape index (κ2) is 9.19. The van der Waals surface area contributed by atoms with Crippen LogP contribution in [-0.4, -0.2) is 21.0 Å². The predicted molar refractivity (Wildman–Crippen MR) is 111 cm³/mol. The van der Waals surface area contributed by atoms with Crippen LogP contribution in [0.4, 0.5) is 0 Å². The number of amidine groups is 1. The summed E-state index contributed by atoms with van der Waals surface area (Å²) in [6.07, 6.45) is 1.59. The standard InChI is InChI=1S/C22H16N6O3/c23-13-15-6-4-7-16(12-15)21-27-26-19(31-21)14-29-28-20(24)18-10-5-11-25-22(18)30-17-8-2-1-3-9-17/h1-12H,14H2,(H2,24,28). The van der Waals surface area contributed by atoms with E-state index in [2.05, 4.69) is 26.4 Å². The smallest absolute Gasteiger partial charge is 0.257 e. The number of nitrogens with two attached hydrogens (primary N) is 1. The minimum absolute atomic E-state index is 0.0826. The van der Waals surface area contributed by atoms with Gasteiger partial charge in [-0.2, -0.15) is 5.26 Å². The van der Waals surface area contributed by atoms with Crippen LogP contribution in [-0.2, 0) is 11.4 Å². The third-order valence-electron chi connectivity index (χ3n) is 4.06. The Morgan fingerprint density at radius 2 is 1.94 bits per heavy atom. The molecule has 4 rings (SSSR count). The molecular weight excluding hydrogens is 396 g/mol. The van der Waals surface area contributed by atoms with Crippen LogP contribution in [0.15, 0.2) is 82.5 Å². The molecule has 0 fully saturated rings. The van der Waals surface area contributed by atoms with E-state index in [-0.39, 0.29) is 24.2 Å². The van der Waals surface area contributed by atoms with E-state index >= 15 is 0 Å². The summed E-state index contributed by atoms with van der Waals surface area (Å²) >= 11 is 0. The highest BCUT2D eigenvalue weighted by Gasteiger charge is 2.12. The Balaban J connectivity index is 1.43. The van der Waals surface area contributed by atoms with Crippen LogP contribution in [0.3, 0.4) is 0 Å². The van der Waals surface area contributed by atoms with Crippen LogP contribution >= 0.6 is 0 Å². The average molecular weight is 412 g/mol. The van der Waals surface area contributed by atoms with Gasteiger partial charge in [-0.1, -0.05) is 29.4 Å². The molecule has 2 N–H and O–H groups in total. The second-order valence-electron chi connectivity index (χ2n) is 6.21. The summed E-state index contributed by atoms with van der Waals surface area (Å²) in [5, 5.41) is 20.8. The molecule has 0 spiro atoms. The van der Waals surface area contributed by atoms with Gasteiger partial charge in [-0.25, -0.2) is 4.98 Å². The van der Waals surface area contributed by atoms with Gasteiger partial charge < -0.3 is 19.7 Å². The van der Waals surface area contributed by atoms with Crippen molar-refractivity contribution < 1.29 is 14.0 Å². The molecule has 0 aliphatic rings. The highest BCUT2D eigenvalue weighted by molar-refractivity contribution is 5.99. The zero-order valence-corrected chi connectivity index (χ0v) is 16.2. The maximum Gasteiger partial charge on any atom is 0.257 e. The van der Waals surface area contributed by atoms with Gasteiger partial charge >= 0.3 is 0 Å². The zero-order valence-electron chi connectivity index (χ0n) is 16.2. The van der Waals surface area contributed by atoms with Gasteiger partial charge in [-0.05, 0) is 42.5 Å². The summed E-state index contributed by atoms with van der Waals surface area (Å²) in [6, 6.07) is 21.6. The van der Waals surface area contributed by atoms with E-state index in [4.69, 9.17) is 25.0 Å². The first-order valence-electron chi connectivity index (χ1n) is 9.19. The Hall–Kier alpha value is -4.71. The molecule has 0 bridgehead atoms. The molecule has 0 atom stereocenters. The van der Waals surface area contributed by atoms with Crippen LogP contribution in [0.25, 0.3) is 11.5 Å². The second-order valence-corrected chi connectivity index (χ2v) is 6.21. The Kier molecular flexibility index (Phi) is 5.81. The number of hydrogen-bond acceptors (Lipinski definition) is 8. The highest BCUT2D eigenvalue weighted by atomic mass is 16.6. The van der Waals surface area contributed by atoms with Gasteiger partial charge in [0.25, 0.3) is 5.89 Å². The number of hydrogen-bond donors (Lipinski definition) is 1. The van der Waals surface area contributed by atoms with Gasteiger partial charge in [0.05, 0.1) is 17.2 Å². The molecule has 0 aliphatic carbocycles. The fraction of sp³-hybridized carbons (Fsp3) is 0.0455.